The maximum Gasteiger partial charge on any atom is 0.129 e. The van der Waals surface area contributed by atoms with E-state index in [1.807, 2.05) is 26.0 Å². The van der Waals surface area contributed by atoms with Gasteiger partial charge in [-0.15, -0.1) is 0 Å². The Balaban J connectivity index is 2.08. The molecule has 0 atom stereocenters. The summed E-state index contributed by atoms with van der Waals surface area (Å²) in [5.41, 5.74) is 3.19. The monoisotopic (exact) mass is 236 g/mol. The van der Waals surface area contributed by atoms with E-state index >= 15 is 0 Å². The third-order valence-electron chi connectivity index (χ3n) is 2.48. The molecule has 2 heterocycles. The molecule has 0 fully saturated rings. The highest BCUT2D eigenvalue weighted by atomic mass is 35.5. The molecular weight excluding hydrogens is 224 g/mol. The topological polar surface area (TPSA) is 38.1 Å². The van der Waals surface area contributed by atoms with Crippen LogP contribution in [0.5, 0.6) is 0 Å². The number of nitrogens with one attached hydrogen (secondary N) is 1. The van der Waals surface area contributed by atoms with Crippen LogP contribution in [0.25, 0.3) is 0 Å². The van der Waals surface area contributed by atoms with Gasteiger partial charge in [0.2, 0.25) is 0 Å². The van der Waals surface area contributed by atoms with E-state index in [-0.39, 0.29) is 0 Å². The molecule has 16 heavy (non-hydrogen) atoms. The zero-order valence-corrected chi connectivity index (χ0v) is 10.0. The smallest absolute Gasteiger partial charge is 0.129 e. The highest BCUT2D eigenvalue weighted by Crippen LogP contribution is 2.18. The first-order valence-corrected chi connectivity index (χ1v) is 5.43. The fraction of sp³-hybridized carbons (Fsp3) is 0.250. The fourth-order valence-corrected chi connectivity index (χ4v) is 1.68. The summed E-state index contributed by atoms with van der Waals surface area (Å²) in [6.07, 6.45) is 3.43. The molecule has 2 rings (SSSR count). The van der Waals surface area contributed by atoms with Crippen molar-refractivity contribution in [3.8, 4) is 0 Å². The number of halogens is 1. The molecule has 0 aliphatic rings. The summed E-state index contributed by atoms with van der Waals surface area (Å²) < 4.78 is 5.34. The SMILES string of the molecule is Cc1cc(Cl)ncc1NCc1occc1C. The van der Waals surface area contributed by atoms with Gasteiger partial charge in [-0.3, -0.25) is 0 Å². The van der Waals surface area contributed by atoms with E-state index < -0.39 is 0 Å². The molecule has 0 saturated carbocycles. The van der Waals surface area contributed by atoms with Crippen molar-refractivity contribution in [1.82, 2.24) is 4.98 Å². The minimum atomic E-state index is 0.511. The minimum Gasteiger partial charge on any atom is -0.467 e. The van der Waals surface area contributed by atoms with Gasteiger partial charge in [0.15, 0.2) is 0 Å². The first-order valence-electron chi connectivity index (χ1n) is 5.06. The van der Waals surface area contributed by atoms with E-state index in [4.69, 9.17) is 16.0 Å². The summed E-state index contributed by atoms with van der Waals surface area (Å²) >= 11 is 5.78. The van der Waals surface area contributed by atoms with E-state index in [2.05, 4.69) is 10.3 Å². The highest BCUT2D eigenvalue weighted by molar-refractivity contribution is 6.29. The minimum absolute atomic E-state index is 0.511. The third kappa shape index (κ3) is 2.36. The molecule has 0 bridgehead atoms. The lowest BCUT2D eigenvalue weighted by atomic mass is 10.2. The number of rotatable bonds is 3. The summed E-state index contributed by atoms with van der Waals surface area (Å²) in [6, 6.07) is 3.78. The second kappa shape index (κ2) is 4.58. The van der Waals surface area contributed by atoms with E-state index in [1.54, 1.807) is 12.5 Å². The maximum absolute atomic E-state index is 5.78. The average Bonchev–Trinajstić information content (AvgIpc) is 2.63. The molecule has 0 aliphatic heterocycles. The largest absolute Gasteiger partial charge is 0.467 e. The quantitative estimate of drug-likeness (QED) is 0.829. The van der Waals surface area contributed by atoms with Crippen LogP contribution < -0.4 is 5.32 Å². The van der Waals surface area contributed by atoms with Crippen LogP contribution in [0.1, 0.15) is 16.9 Å². The summed E-state index contributed by atoms with van der Waals surface area (Å²) in [5.74, 6) is 0.939. The Morgan fingerprint density at radius 3 is 2.81 bits per heavy atom. The van der Waals surface area contributed by atoms with Crippen LogP contribution in [-0.2, 0) is 6.54 Å². The Hall–Kier alpha value is -1.48. The van der Waals surface area contributed by atoms with Gasteiger partial charge < -0.3 is 9.73 Å². The van der Waals surface area contributed by atoms with Gasteiger partial charge >= 0.3 is 0 Å². The second-order valence-corrected chi connectivity index (χ2v) is 4.09. The number of furan rings is 1. The van der Waals surface area contributed by atoms with Crippen molar-refractivity contribution >= 4 is 17.3 Å². The Morgan fingerprint density at radius 2 is 2.19 bits per heavy atom. The van der Waals surface area contributed by atoms with Gasteiger partial charge in [-0.05, 0) is 37.1 Å². The molecule has 4 heteroatoms. The molecule has 2 aromatic heterocycles. The summed E-state index contributed by atoms with van der Waals surface area (Å²) in [7, 11) is 0. The van der Waals surface area contributed by atoms with Crippen molar-refractivity contribution in [1.29, 1.82) is 0 Å². The maximum atomic E-state index is 5.78. The normalized spacial score (nSPS) is 10.4. The van der Waals surface area contributed by atoms with Gasteiger partial charge in [-0.25, -0.2) is 4.98 Å². The number of hydrogen-bond acceptors (Lipinski definition) is 3. The lowest BCUT2D eigenvalue weighted by Crippen LogP contribution is -2.01. The van der Waals surface area contributed by atoms with Crippen molar-refractivity contribution < 1.29 is 4.42 Å². The number of aryl methyl sites for hydroxylation is 2. The summed E-state index contributed by atoms with van der Waals surface area (Å²) in [4.78, 5) is 4.03. The van der Waals surface area contributed by atoms with E-state index in [0.717, 1.165) is 22.6 Å². The van der Waals surface area contributed by atoms with Crippen LogP contribution >= 0.6 is 11.6 Å². The van der Waals surface area contributed by atoms with Crippen LogP contribution in [0.2, 0.25) is 5.15 Å². The molecular formula is C12H13ClN2O. The van der Waals surface area contributed by atoms with E-state index in [1.165, 1.54) is 0 Å². The average molecular weight is 237 g/mol. The standard InChI is InChI=1S/C12H13ClN2O/c1-8-3-4-16-11(8)7-14-10-6-15-12(13)5-9(10)2/h3-6,14H,7H2,1-2H3. The predicted molar refractivity (Wildman–Crippen MR) is 64.8 cm³/mol. The number of hydrogen-bond donors (Lipinski definition) is 1. The van der Waals surface area contributed by atoms with Crippen LogP contribution in [0.3, 0.4) is 0 Å². The molecule has 84 valence electrons. The molecule has 0 aromatic carbocycles. The number of anilines is 1. The van der Waals surface area contributed by atoms with E-state index in [0.29, 0.717) is 11.7 Å². The molecule has 1 N–H and O–H groups in total. The lowest BCUT2D eigenvalue weighted by Gasteiger charge is -2.08. The molecule has 0 radical (unpaired) electrons. The fourth-order valence-electron chi connectivity index (χ4n) is 1.47. The van der Waals surface area contributed by atoms with Gasteiger partial charge in [-0.2, -0.15) is 0 Å². The van der Waals surface area contributed by atoms with Gasteiger partial charge in [0.25, 0.3) is 0 Å². The van der Waals surface area contributed by atoms with Gasteiger partial charge in [0.1, 0.15) is 10.9 Å². The van der Waals surface area contributed by atoms with Crippen LogP contribution in [0.4, 0.5) is 5.69 Å². The Kier molecular flexibility index (Phi) is 3.15. The number of pyridine rings is 1. The Bertz CT molecular complexity index is 494. The van der Waals surface area contributed by atoms with Gasteiger partial charge in [-0.1, -0.05) is 11.6 Å². The van der Waals surface area contributed by atoms with Gasteiger partial charge in [0.05, 0.1) is 24.7 Å². The molecule has 0 unspecified atom stereocenters. The molecule has 0 spiro atoms. The highest BCUT2D eigenvalue weighted by Gasteiger charge is 2.03. The predicted octanol–water partition coefficient (Wildman–Crippen LogP) is 3.56. The summed E-state index contributed by atoms with van der Waals surface area (Å²) in [5, 5.41) is 3.78. The van der Waals surface area contributed by atoms with Crippen molar-refractivity contribution in [2.45, 2.75) is 20.4 Å². The first-order chi connectivity index (χ1) is 7.66. The van der Waals surface area contributed by atoms with Gasteiger partial charge in [0, 0.05) is 0 Å². The lowest BCUT2D eigenvalue weighted by molar-refractivity contribution is 0.515. The zero-order valence-electron chi connectivity index (χ0n) is 9.25. The van der Waals surface area contributed by atoms with Crippen molar-refractivity contribution in [2.24, 2.45) is 0 Å². The van der Waals surface area contributed by atoms with Crippen molar-refractivity contribution in [3.05, 3.63) is 46.6 Å². The number of aromatic nitrogens is 1. The van der Waals surface area contributed by atoms with E-state index in [9.17, 15) is 0 Å². The molecule has 0 saturated heterocycles. The number of nitrogens with zero attached hydrogens (tertiary/aromatic N) is 1. The third-order valence-corrected chi connectivity index (χ3v) is 2.69. The van der Waals surface area contributed by atoms with Crippen LogP contribution in [-0.4, -0.2) is 4.98 Å². The molecule has 0 aliphatic carbocycles. The van der Waals surface area contributed by atoms with Crippen molar-refractivity contribution in [2.75, 3.05) is 5.32 Å². The molecule has 3 nitrogen and oxygen atoms in total. The van der Waals surface area contributed by atoms with Crippen LogP contribution in [0, 0.1) is 13.8 Å². The zero-order chi connectivity index (χ0) is 11.5. The Labute approximate surface area is 99.5 Å². The Morgan fingerprint density at radius 1 is 1.38 bits per heavy atom. The van der Waals surface area contributed by atoms with Crippen LogP contribution in [0.15, 0.2) is 29.0 Å². The summed E-state index contributed by atoms with van der Waals surface area (Å²) in [6.45, 7) is 4.67. The van der Waals surface area contributed by atoms with Crippen molar-refractivity contribution in [3.63, 3.8) is 0 Å². The molecule has 2 aromatic rings. The first kappa shape index (κ1) is 11.0. The second-order valence-electron chi connectivity index (χ2n) is 3.70. The molecule has 0 amide bonds.